The van der Waals surface area contributed by atoms with Gasteiger partial charge in [-0.3, -0.25) is 0 Å². The summed E-state index contributed by atoms with van der Waals surface area (Å²) in [4.78, 5) is 16.1. The molecule has 1 saturated carbocycles. The molecule has 2 atom stereocenters. The number of carbonyl (C=O) groups is 1. The lowest BCUT2D eigenvalue weighted by molar-refractivity contribution is 0.0457. The lowest BCUT2D eigenvalue weighted by Crippen LogP contribution is -2.53. The monoisotopic (exact) mass is 463 g/mol. The largest absolute Gasteiger partial charge is 0.443 e. The third-order valence-electron chi connectivity index (χ3n) is 7.76. The highest BCUT2D eigenvalue weighted by Crippen LogP contribution is 2.46. The Bertz CT molecular complexity index is 1260. The maximum atomic E-state index is 15.8. The highest BCUT2D eigenvalue weighted by molar-refractivity contribution is 5.96. The molecule has 1 amide bonds. The Kier molecular flexibility index (Phi) is 5.58. The van der Waals surface area contributed by atoms with Crippen molar-refractivity contribution in [2.45, 2.75) is 83.9 Å². The van der Waals surface area contributed by atoms with E-state index < -0.39 is 11.6 Å². The fourth-order valence-electron chi connectivity index (χ4n) is 5.88. The van der Waals surface area contributed by atoms with Crippen molar-refractivity contribution >= 4 is 22.7 Å². The number of anilines is 1. The SMILES string of the molecule is Cc1c(F)c(-c2cccc3c(C)c[nH]c23)cc2c1NC(C)(C)C(OC(=O)NC1CCCC1)C2C. The Morgan fingerprint density at radius 2 is 1.91 bits per heavy atom. The van der Waals surface area contributed by atoms with Crippen LogP contribution in [0.3, 0.4) is 0 Å². The van der Waals surface area contributed by atoms with Crippen molar-refractivity contribution in [2.75, 3.05) is 5.32 Å². The number of aromatic amines is 1. The summed E-state index contributed by atoms with van der Waals surface area (Å²) in [6.45, 7) is 9.95. The number of hydrogen-bond donors (Lipinski definition) is 3. The standard InChI is InChI=1S/C28H34FN3O2/c1-15-14-30-25-19(15)11-8-12-20(25)22-13-21-16(2)26(34-27(33)31-18-9-6-7-10-18)28(4,5)32-24(21)17(3)23(22)29/h8,11-14,16,18,26,30,32H,6-7,9-10H2,1-5H3,(H,31,33). The number of nitrogens with one attached hydrogen (secondary N) is 3. The summed E-state index contributed by atoms with van der Waals surface area (Å²) in [5, 5.41) is 7.61. The molecule has 2 heterocycles. The van der Waals surface area contributed by atoms with Crippen LogP contribution in [0.4, 0.5) is 14.9 Å². The van der Waals surface area contributed by atoms with Crippen LogP contribution in [0, 0.1) is 19.7 Å². The van der Waals surface area contributed by atoms with Gasteiger partial charge in [0.15, 0.2) is 0 Å². The number of alkyl carbamates (subject to hydrolysis) is 1. The Labute approximate surface area is 200 Å². The number of halogens is 1. The molecule has 180 valence electrons. The molecule has 34 heavy (non-hydrogen) atoms. The van der Waals surface area contributed by atoms with Crippen LogP contribution in [0.15, 0.2) is 30.5 Å². The molecular formula is C28H34FN3O2. The first-order valence-corrected chi connectivity index (χ1v) is 12.3. The quantitative estimate of drug-likeness (QED) is 0.394. The molecule has 1 aromatic heterocycles. The summed E-state index contributed by atoms with van der Waals surface area (Å²) < 4.78 is 21.8. The molecule has 2 aliphatic rings. The molecule has 0 saturated heterocycles. The molecule has 1 aliphatic heterocycles. The zero-order valence-corrected chi connectivity index (χ0v) is 20.6. The van der Waals surface area contributed by atoms with Crippen molar-refractivity contribution < 1.29 is 13.9 Å². The number of hydrogen-bond acceptors (Lipinski definition) is 3. The van der Waals surface area contributed by atoms with Gasteiger partial charge in [0.25, 0.3) is 0 Å². The topological polar surface area (TPSA) is 66.1 Å². The normalized spacial score (nSPS) is 21.8. The second kappa shape index (κ2) is 8.33. The summed E-state index contributed by atoms with van der Waals surface area (Å²) in [5.74, 6) is -0.337. The van der Waals surface area contributed by atoms with Crippen molar-refractivity contribution in [1.29, 1.82) is 0 Å². The molecule has 1 fully saturated rings. The van der Waals surface area contributed by atoms with Crippen LogP contribution in [0.5, 0.6) is 0 Å². The first kappa shape index (κ1) is 22.8. The van der Waals surface area contributed by atoms with Gasteiger partial charge in [0, 0.05) is 45.9 Å². The van der Waals surface area contributed by atoms with Crippen molar-refractivity contribution in [1.82, 2.24) is 10.3 Å². The average Bonchev–Trinajstić information content (AvgIpc) is 3.44. The lowest BCUT2D eigenvalue weighted by Gasteiger charge is -2.45. The number of ether oxygens (including phenoxy) is 1. The number of H-pyrrole nitrogens is 1. The predicted molar refractivity (Wildman–Crippen MR) is 135 cm³/mol. The van der Waals surface area contributed by atoms with Gasteiger partial charge in [0.05, 0.1) is 11.1 Å². The van der Waals surface area contributed by atoms with E-state index in [1.54, 1.807) is 0 Å². The highest BCUT2D eigenvalue weighted by atomic mass is 19.1. The molecule has 1 aliphatic carbocycles. The van der Waals surface area contributed by atoms with Crippen LogP contribution in [-0.2, 0) is 4.74 Å². The maximum Gasteiger partial charge on any atom is 0.407 e. The fraction of sp³-hybridized carbons (Fsp3) is 0.464. The molecule has 2 unspecified atom stereocenters. The van der Waals surface area contributed by atoms with Gasteiger partial charge in [0.2, 0.25) is 0 Å². The maximum absolute atomic E-state index is 15.8. The summed E-state index contributed by atoms with van der Waals surface area (Å²) in [7, 11) is 0. The van der Waals surface area contributed by atoms with Crippen LogP contribution in [0.25, 0.3) is 22.0 Å². The van der Waals surface area contributed by atoms with Gasteiger partial charge in [-0.05, 0) is 57.7 Å². The third kappa shape index (κ3) is 3.73. The number of benzene rings is 2. The first-order valence-electron chi connectivity index (χ1n) is 12.3. The molecule has 0 bridgehead atoms. The zero-order valence-electron chi connectivity index (χ0n) is 20.6. The van der Waals surface area contributed by atoms with Crippen LogP contribution in [-0.4, -0.2) is 28.8 Å². The number of rotatable bonds is 3. The molecule has 5 rings (SSSR count). The molecule has 0 spiro atoms. The number of amides is 1. The Morgan fingerprint density at radius 1 is 1.18 bits per heavy atom. The zero-order chi connectivity index (χ0) is 24.2. The van der Waals surface area contributed by atoms with Gasteiger partial charge in [-0.15, -0.1) is 0 Å². The summed E-state index contributed by atoms with van der Waals surface area (Å²) in [6, 6.07) is 8.10. The van der Waals surface area contributed by atoms with Gasteiger partial charge in [-0.2, -0.15) is 0 Å². The van der Waals surface area contributed by atoms with E-state index in [4.69, 9.17) is 4.74 Å². The van der Waals surface area contributed by atoms with E-state index in [9.17, 15) is 4.79 Å². The van der Waals surface area contributed by atoms with E-state index in [2.05, 4.69) is 22.5 Å². The molecule has 5 nitrogen and oxygen atoms in total. The molecule has 0 radical (unpaired) electrons. The van der Waals surface area contributed by atoms with Crippen molar-refractivity contribution in [3.8, 4) is 11.1 Å². The summed E-state index contributed by atoms with van der Waals surface area (Å²) >= 11 is 0. The van der Waals surface area contributed by atoms with Gasteiger partial charge < -0.3 is 20.4 Å². The van der Waals surface area contributed by atoms with Crippen molar-refractivity contribution in [3.63, 3.8) is 0 Å². The van der Waals surface area contributed by atoms with Crippen LogP contribution in [0.1, 0.15) is 69.1 Å². The van der Waals surface area contributed by atoms with E-state index in [-0.39, 0.29) is 23.9 Å². The van der Waals surface area contributed by atoms with Crippen LogP contribution in [0.2, 0.25) is 0 Å². The molecule has 6 heteroatoms. The lowest BCUT2D eigenvalue weighted by atomic mass is 9.77. The number of para-hydroxylation sites is 1. The minimum absolute atomic E-state index is 0.108. The minimum atomic E-state index is -0.547. The van der Waals surface area contributed by atoms with Gasteiger partial charge in [-0.1, -0.05) is 38.0 Å². The number of aryl methyl sites for hydroxylation is 1. The van der Waals surface area contributed by atoms with E-state index in [1.807, 2.05) is 58.2 Å². The predicted octanol–water partition coefficient (Wildman–Crippen LogP) is 6.94. The second-order valence-corrected chi connectivity index (χ2v) is 10.6. The molecule has 3 aromatic rings. The number of aromatic nitrogens is 1. The van der Waals surface area contributed by atoms with E-state index >= 15 is 4.39 Å². The molecular weight excluding hydrogens is 429 g/mol. The summed E-state index contributed by atoms with van der Waals surface area (Å²) in [5.41, 5.74) is 5.26. The van der Waals surface area contributed by atoms with Crippen LogP contribution < -0.4 is 10.6 Å². The van der Waals surface area contributed by atoms with Crippen molar-refractivity contribution in [3.05, 3.63) is 53.0 Å². The Hall–Kier alpha value is -3.02. The summed E-state index contributed by atoms with van der Waals surface area (Å²) in [6.07, 6.45) is 5.49. The van der Waals surface area contributed by atoms with E-state index in [1.165, 1.54) is 0 Å². The van der Waals surface area contributed by atoms with E-state index in [0.717, 1.165) is 59.0 Å². The number of fused-ring (bicyclic) bond motifs is 2. The third-order valence-corrected chi connectivity index (χ3v) is 7.76. The smallest absolute Gasteiger partial charge is 0.407 e. The van der Waals surface area contributed by atoms with Gasteiger partial charge in [0.1, 0.15) is 11.9 Å². The minimum Gasteiger partial charge on any atom is -0.443 e. The first-order chi connectivity index (χ1) is 16.2. The average molecular weight is 464 g/mol. The number of carbonyl (C=O) groups excluding carboxylic acids is 1. The Balaban J connectivity index is 1.54. The molecule has 2 aromatic carbocycles. The fourth-order valence-corrected chi connectivity index (χ4v) is 5.88. The van der Waals surface area contributed by atoms with Gasteiger partial charge >= 0.3 is 6.09 Å². The molecule has 3 N–H and O–H groups in total. The van der Waals surface area contributed by atoms with E-state index in [0.29, 0.717) is 11.1 Å². The highest BCUT2D eigenvalue weighted by Gasteiger charge is 2.44. The second-order valence-electron chi connectivity index (χ2n) is 10.6. The Morgan fingerprint density at radius 3 is 2.65 bits per heavy atom. The van der Waals surface area contributed by atoms with Gasteiger partial charge in [-0.25, -0.2) is 9.18 Å². The van der Waals surface area contributed by atoms with Crippen molar-refractivity contribution in [2.24, 2.45) is 0 Å². The van der Waals surface area contributed by atoms with Crippen LogP contribution >= 0.6 is 0 Å².